The molecule has 0 bridgehead atoms. The molecule has 1 aliphatic carbocycles. The lowest BCUT2D eigenvalue weighted by molar-refractivity contribution is 0.145. The van der Waals surface area contributed by atoms with Gasteiger partial charge < -0.3 is 5.73 Å². The SMILES string of the molecule is NCC1(Cc2ccc(F)cc2Cl)CCC1. The first-order valence-corrected chi connectivity index (χ1v) is 5.67. The Morgan fingerprint density at radius 3 is 2.60 bits per heavy atom. The molecular weight excluding hydrogens is 213 g/mol. The molecule has 15 heavy (non-hydrogen) atoms. The van der Waals surface area contributed by atoms with Crippen LogP contribution in [0.3, 0.4) is 0 Å². The monoisotopic (exact) mass is 227 g/mol. The molecule has 1 nitrogen and oxygen atoms in total. The molecule has 0 saturated heterocycles. The zero-order chi connectivity index (χ0) is 10.9. The van der Waals surface area contributed by atoms with Gasteiger partial charge in [0.1, 0.15) is 5.82 Å². The summed E-state index contributed by atoms with van der Waals surface area (Å²) in [6, 6.07) is 4.61. The summed E-state index contributed by atoms with van der Waals surface area (Å²) in [5.41, 5.74) is 7.02. The van der Waals surface area contributed by atoms with E-state index < -0.39 is 0 Å². The zero-order valence-corrected chi connectivity index (χ0v) is 9.36. The summed E-state index contributed by atoms with van der Waals surface area (Å²) in [7, 11) is 0. The highest BCUT2D eigenvalue weighted by Crippen LogP contribution is 2.43. The average molecular weight is 228 g/mol. The first kappa shape index (κ1) is 10.9. The van der Waals surface area contributed by atoms with E-state index in [1.807, 2.05) is 0 Å². The fourth-order valence-electron chi connectivity index (χ4n) is 2.20. The molecule has 1 fully saturated rings. The highest BCUT2D eigenvalue weighted by Gasteiger charge is 2.35. The van der Waals surface area contributed by atoms with Crippen molar-refractivity contribution in [1.29, 1.82) is 0 Å². The molecule has 0 unspecified atom stereocenters. The third kappa shape index (κ3) is 2.16. The van der Waals surface area contributed by atoms with Crippen molar-refractivity contribution in [3.8, 4) is 0 Å². The van der Waals surface area contributed by atoms with Crippen LogP contribution in [0.25, 0.3) is 0 Å². The average Bonchev–Trinajstić information content (AvgIpc) is 2.14. The maximum absolute atomic E-state index is 12.8. The summed E-state index contributed by atoms with van der Waals surface area (Å²) >= 11 is 5.99. The van der Waals surface area contributed by atoms with E-state index >= 15 is 0 Å². The van der Waals surface area contributed by atoms with E-state index in [4.69, 9.17) is 17.3 Å². The van der Waals surface area contributed by atoms with Crippen LogP contribution >= 0.6 is 11.6 Å². The summed E-state index contributed by atoms with van der Waals surface area (Å²) in [5.74, 6) is -0.279. The highest BCUT2D eigenvalue weighted by molar-refractivity contribution is 6.31. The van der Waals surface area contributed by atoms with E-state index in [0.29, 0.717) is 11.6 Å². The molecule has 2 N–H and O–H groups in total. The molecule has 0 aromatic heterocycles. The lowest BCUT2D eigenvalue weighted by atomic mass is 9.65. The summed E-state index contributed by atoms with van der Waals surface area (Å²) in [5, 5.41) is 0.523. The van der Waals surface area contributed by atoms with E-state index in [9.17, 15) is 4.39 Å². The fraction of sp³-hybridized carbons (Fsp3) is 0.500. The van der Waals surface area contributed by atoms with E-state index in [0.717, 1.165) is 24.8 Å². The Kier molecular flexibility index (Phi) is 2.98. The van der Waals surface area contributed by atoms with Crippen LogP contribution in [0.15, 0.2) is 18.2 Å². The number of nitrogens with two attached hydrogens (primary N) is 1. The first-order valence-electron chi connectivity index (χ1n) is 5.29. The van der Waals surface area contributed by atoms with Crippen molar-refractivity contribution in [2.75, 3.05) is 6.54 Å². The minimum atomic E-state index is -0.279. The van der Waals surface area contributed by atoms with Crippen LogP contribution < -0.4 is 5.73 Å². The lowest BCUT2D eigenvalue weighted by Crippen LogP contribution is -2.39. The second-order valence-corrected chi connectivity index (χ2v) is 4.88. The second-order valence-electron chi connectivity index (χ2n) is 4.47. The number of benzene rings is 1. The van der Waals surface area contributed by atoms with Crippen LogP contribution in [-0.2, 0) is 6.42 Å². The molecule has 1 saturated carbocycles. The van der Waals surface area contributed by atoms with Crippen LogP contribution in [-0.4, -0.2) is 6.54 Å². The molecular formula is C12H15ClFN. The molecule has 82 valence electrons. The van der Waals surface area contributed by atoms with Crippen LogP contribution in [0.1, 0.15) is 24.8 Å². The Morgan fingerprint density at radius 2 is 2.13 bits per heavy atom. The molecule has 2 rings (SSSR count). The van der Waals surface area contributed by atoms with Gasteiger partial charge in [0.25, 0.3) is 0 Å². The predicted octanol–water partition coefficient (Wildman–Crippen LogP) is 3.15. The largest absolute Gasteiger partial charge is 0.330 e. The minimum absolute atomic E-state index is 0.224. The molecule has 0 spiro atoms. The molecule has 0 amide bonds. The Balaban J connectivity index is 2.16. The third-order valence-electron chi connectivity index (χ3n) is 3.43. The topological polar surface area (TPSA) is 26.0 Å². The van der Waals surface area contributed by atoms with Crippen LogP contribution in [0, 0.1) is 11.2 Å². The Labute approximate surface area is 94.4 Å². The minimum Gasteiger partial charge on any atom is -0.330 e. The van der Waals surface area contributed by atoms with E-state index in [1.54, 1.807) is 6.07 Å². The molecule has 1 aromatic carbocycles. The standard InChI is InChI=1S/C12H15ClFN/c13-11-6-10(14)3-2-9(11)7-12(8-15)4-1-5-12/h2-3,6H,1,4-5,7-8,15H2. The van der Waals surface area contributed by atoms with Gasteiger partial charge in [-0.15, -0.1) is 0 Å². The van der Waals surface area contributed by atoms with E-state index in [2.05, 4.69) is 0 Å². The van der Waals surface area contributed by atoms with Crippen LogP contribution in [0.4, 0.5) is 4.39 Å². The lowest BCUT2D eigenvalue weighted by Gasteiger charge is -2.41. The predicted molar refractivity (Wildman–Crippen MR) is 60.5 cm³/mol. The van der Waals surface area contributed by atoms with Crippen molar-refractivity contribution in [2.45, 2.75) is 25.7 Å². The molecule has 1 aromatic rings. The van der Waals surface area contributed by atoms with Crippen molar-refractivity contribution < 1.29 is 4.39 Å². The molecule has 0 heterocycles. The third-order valence-corrected chi connectivity index (χ3v) is 3.78. The Hall–Kier alpha value is -0.600. The molecule has 1 aliphatic rings. The Morgan fingerprint density at radius 1 is 1.40 bits per heavy atom. The summed E-state index contributed by atoms with van der Waals surface area (Å²) in [4.78, 5) is 0. The van der Waals surface area contributed by atoms with Gasteiger partial charge in [-0.25, -0.2) is 4.39 Å². The van der Waals surface area contributed by atoms with Gasteiger partial charge in [-0.2, -0.15) is 0 Å². The van der Waals surface area contributed by atoms with Crippen molar-refractivity contribution in [3.63, 3.8) is 0 Å². The molecule has 0 atom stereocenters. The fourth-order valence-corrected chi connectivity index (χ4v) is 2.43. The smallest absolute Gasteiger partial charge is 0.124 e. The van der Waals surface area contributed by atoms with E-state index in [1.165, 1.54) is 18.6 Å². The summed E-state index contributed by atoms with van der Waals surface area (Å²) in [6.45, 7) is 0.695. The van der Waals surface area contributed by atoms with Crippen LogP contribution in [0.5, 0.6) is 0 Å². The summed E-state index contributed by atoms with van der Waals surface area (Å²) in [6.07, 6.45) is 4.45. The van der Waals surface area contributed by atoms with Crippen molar-refractivity contribution in [1.82, 2.24) is 0 Å². The number of halogens is 2. The number of hydrogen-bond donors (Lipinski definition) is 1. The maximum Gasteiger partial charge on any atom is 0.124 e. The van der Waals surface area contributed by atoms with Crippen molar-refractivity contribution in [3.05, 3.63) is 34.6 Å². The molecule has 3 heteroatoms. The van der Waals surface area contributed by atoms with Gasteiger partial charge in [0.05, 0.1) is 0 Å². The molecule has 0 radical (unpaired) electrons. The quantitative estimate of drug-likeness (QED) is 0.844. The van der Waals surface area contributed by atoms with Gasteiger partial charge in [0.2, 0.25) is 0 Å². The van der Waals surface area contributed by atoms with Crippen LogP contribution in [0.2, 0.25) is 5.02 Å². The van der Waals surface area contributed by atoms with E-state index in [-0.39, 0.29) is 11.2 Å². The van der Waals surface area contributed by atoms with Crippen molar-refractivity contribution >= 4 is 11.6 Å². The summed E-state index contributed by atoms with van der Waals surface area (Å²) < 4.78 is 12.8. The Bertz CT molecular complexity index is 355. The first-order chi connectivity index (χ1) is 7.15. The van der Waals surface area contributed by atoms with Gasteiger partial charge in [-0.3, -0.25) is 0 Å². The molecule has 0 aliphatic heterocycles. The van der Waals surface area contributed by atoms with Gasteiger partial charge >= 0.3 is 0 Å². The highest BCUT2D eigenvalue weighted by atomic mass is 35.5. The van der Waals surface area contributed by atoms with Gasteiger partial charge in [-0.05, 0) is 48.9 Å². The second kappa shape index (κ2) is 4.11. The van der Waals surface area contributed by atoms with Crippen molar-refractivity contribution in [2.24, 2.45) is 11.1 Å². The normalized spacial score (nSPS) is 18.6. The zero-order valence-electron chi connectivity index (χ0n) is 8.60. The number of rotatable bonds is 3. The maximum atomic E-state index is 12.8. The van der Waals surface area contributed by atoms with Gasteiger partial charge in [0, 0.05) is 5.02 Å². The number of hydrogen-bond acceptors (Lipinski definition) is 1. The van der Waals surface area contributed by atoms with Gasteiger partial charge in [-0.1, -0.05) is 24.1 Å². The van der Waals surface area contributed by atoms with Gasteiger partial charge in [0.15, 0.2) is 0 Å².